The van der Waals surface area contributed by atoms with Gasteiger partial charge < -0.3 is 9.42 Å². The number of nitrogens with zero attached hydrogens (tertiary/aromatic N) is 3. The van der Waals surface area contributed by atoms with Gasteiger partial charge in [0.1, 0.15) is 5.82 Å². The second-order valence-electron chi connectivity index (χ2n) is 8.09. The van der Waals surface area contributed by atoms with Crippen LogP contribution in [0.1, 0.15) is 42.6 Å². The minimum atomic E-state index is -0.301. The minimum absolute atomic E-state index is 0.0347. The number of halogens is 2. The Morgan fingerprint density at radius 2 is 2.03 bits per heavy atom. The molecular weight excluding hydrogens is 449 g/mol. The van der Waals surface area contributed by atoms with E-state index in [2.05, 4.69) is 38.2 Å². The highest BCUT2D eigenvalue weighted by molar-refractivity contribution is 9.10. The van der Waals surface area contributed by atoms with Crippen molar-refractivity contribution in [1.29, 1.82) is 0 Å². The Balaban J connectivity index is 1.25. The molecule has 1 saturated carbocycles. The van der Waals surface area contributed by atoms with E-state index in [0.29, 0.717) is 29.7 Å². The molecule has 1 aliphatic carbocycles. The molecule has 2 aromatic carbocycles. The summed E-state index contributed by atoms with van der Waals surface area (Å²) in [5.74, 6) is 1.33. The highest BCUT2D eigenvalue weighted by Crippen LogP contribution is 2.49. The molecule has 0 N–H and O–H groups in total. The normalized spacial score (nSPS) is 23.4. The first-order valence-electron chi connectivity index (χ1n) is 10.2. The number of carbonyl (C=O) groups excluding carboxylic acids is 1. The van der Waals surface area contributed by atoms with Gasteiger partial charge in [-0.1, -0.05) is 33.2 Å². The number of amides is 1. The summed E-state index contributed by atoms with van der Waals surface area (Å²) in [5, 5.41) is 4.05. The van der Waals surface area contributed by atoms with Gasteiger partial charge in [-0.05, 0) is 67.1 Å². The SMILES string of the molecule is O=C([C@@H]1C[C@@H]1c1cccc(Br)c1)N1CCC[C@@H](c2nc(-c3ccc(F)cc3)no2)C1. The van der Waals surface area contributed by atoms with Crippen molar-refractivity contribution < 1.29 is 13.7 Å². The first-order valence-corrected chi connectivity index (χ1v) is 11.0. The second-order valence-corrected chi connectivity index (χ2v) is 9.01. The fourth-order valence-electron chi connectivity index (χ4n) is 4.30. The van der Waals surface area contributed by atoms with Gasteiger partial charge in [-0.15, -0.1) is 0 Å². The minimum Gasteiger partial charge on any atom is -0.342 e. The average molecular weight is 470 g/mol. The third-order valence-corrected chi connectivity index (χ3v) is 6.50. The van der Waals surface area contributed by atoms with E-state index in [-0.39, 0.29) is 23.6 Å². The molecule has 5 rings (SSSR count). The fourth-order valence-corrected chi connectivity index (χ4v) is 4.72. The Kier molecular flexibility index (Phi) is 5.15. The van der Waals surface area contributed by atoms with Gasteiger partial charge >= 0.3 is 0 Å². The molecule has 2 heterocycles. The maximum atomic E-state index is 13.1. The first kappa shape index (κ1) is 19.4. The summed E-state index contributed by atoms with van der Waals surface area (Å²) in [4.78, 5) is 19.6. The number of piperidine rings is 1. The molecule has 0 bridgehead atoms. The summed E-state index contributed by atoms with van der Waals surface area (Å²) in [6, 6.07) is 14.2. The lowest BCUT2D eigenvalue weighted by atomic mass is 9.97. The Morgan fingerprint density at radius 3 is 2.83 bits per heavy atom. The smallest absolute Gasteiger partial charge is 0.231 e. The van der Waals surface area contributed by atoms with E-state index >= 15 is 0 Å². The van der Waals surface area contributed by atoms with E-state index in [9.17, 15) is 9.18 Å². The summed E-state index contributed by atoms with van der Waals surface area (Å²) in [6.45, 7) is 1.38. The topological polar surface area (TPSA) is 59.2 Å². The molecule has 1 aromatic heterocycles. The molecular formula is C23H21BrFN3O2. The molecule has 0 radical (unpaired) electrons. The van der Waals surface area contributed by atoms with Crippen LogP contribution in [0.3, 0.4) is 0 Å². The Hall–Kier alpha value is -2.54. The lowest BCUT2D eigenvalue weighted by molar-refractivity contribution is -0.134. The molecule has 7 heteroatoms. The van der Waals surface area contributed by atoms with Crippen LogP contribution in [0, 0.1) is 11.7 Å². The summed E-state index contributed by atoms with van der Waals surface area (Å²) < 4.78 is 19.7. The first-order chi connectivity index (χ1) is 14.6. The van der Waals surface area contributed by atoms with Gasteiger partial charge in [0.05, 0.1) is 5.92 Å². The largest absolute Gasteiger partial charge is 0.342 e. The quantitative estimate of drug-likeness (QED) is 0.530. The molecule has 1 amide bonds. The van der Waals surface area contributed by atoms with Gasteiger partial charge in [-0.2, -0.15) is 4.98 Å². The van der Waals surface area contributed by atoms with Gasteiger partial charge in [0.25, 0.3) is 0 Å². The second kappa shape index (κ2) is 7.95. The molecule has 2 aliphatic rings. The molecule has 5 nitrogen and oxygen atoms in total. The van der Waals surface area contributed by atoms with E-state index in [4.69, 9.17) is 4.52 Å². The third-order valence-electron chi connectivity index (χ3n) is 6.01. The lowest BCUT2D eigenvalue weighted by Gasteiger charge is -2.31. The Labute approximate surface area is 182 Å². The maximum absolute atomic E-state index is 13.1. The van der Waals surface area contributed by atoms with Gasteiger partial charge in [-0.25, -0.2) is 4.39 Å². The van der Waals surface area contributed by atoms with Crippen LogP contribution in [0.25, 0.3) is 11.4 Å². The van der Waals surface area contributed by atoms with Crippen LogP contribution in [-0.4, -0.2) is 34.0 Å². The summed E-state index contributed by atoms with van der Waals surface area (Å²) in [7, 11) is 0. The summed E-state index contributed by atoms with van der Waals surface area (Å²) >= 11 is 3.51. The zero-order valence-electron chi connectivity index (χ0n) is 16.3. The molecule has 1 aliphatic heterocycles. The maximum Gasteiger partial charge on any atom is 0.231 e. The number of rotatable bonds is 4. The van der Waals surface area contributed by atoms with Crippen molar-refractivity contribution in [2.24, 2.45) is 5.92 Å². The molecule has 0 unspecified atom stereocenters. The van der Waals surface area contributed by atoms with Gasteiger partial charge in [0.15, 0.2) is 0 Å². The number of hydrogen-bond donors (Lipinski definition) is 0. The van der Waals surface area contributed by atoms with Crippen LogP contribution >= 0.6 is 15.9 Å². The van der Waals surface area contributed by atoms with Crippen LogP contribution in [0.5, 0.6) is 0 Å². The van der Waals surface area contributed by atoms with Gasteiger partial charge in [-0.3, -0.25) is 4.79 Å². The molecule has 3 aromatic rings. The van der Waals surface area contributed by atoms with Gasteiger partial charge in [0.2, 0.25) is 17.6 Å². The van der Waals surface area contributed by atoms with Crippen molar-refractivity contribution in [1.82, 2.24) is 15.0 Å². The van der Waals surface area contributed by atoms with Crippen LogP contribution in [0.15, 0.2) is 57.5 Å². The van der Waals surface area contributed by atoms with Crippen LogP contribution in [0.4, 0.5) is 4.39 Å². The van der Waals surface area contributed by atoms with Crippen molar-refractivity contribution >= 4 is 21.8 Å². The Bertz CT molecular complexity index is 1070. The van der Waals surface area contributed by atoms with Gasteiger partial charge in [0, 0.05) is 29.0 Å². The summed E-state index contributed by atoms with van der Waals surface area (Å²) in [6.07, 6.45) is 2.74. The Morgan fingerprint density at radius 1 is 1.20 bits per heavy atom. The number of carbonyl (C=O) groups is 1. The number of aromatic nitrogens is 2. The highest BCUT2D eigenvalue weighted by Gasteiger charge is 2.46. The van der Waals surface area contributed by atoms with Crippen molar-refractivity contribution in [2.45, 2.75) is 31.1 Å². The predicted octanol–water partition coefficient (Wildman–Crippen LogP) is 5.15. The number of likely N-dealkylation sites (tertiary alicyclic amines) is 1. The van der Waals surface area contributed by atoms with Crippen LogP contribution < -0.4 is 0 Å². The highest BCUT2D eigenvalue weighted by atomic mass is 79.9. The van der Waals surface area contributed by atoms with E-state index < -0.39 is 0 Å². The van der Waals surface area contributed by atoms with Crippen molar-refractivity contribution in [3.05, 3.63) is 70.3 Å². The van der Waals surface area contributed by atoms with Crippen LogP contribution in [-0.2, 0) is 4.79 Å². The number of benzene rings is 2. The fraction of sp³-hybridized carbons (Fsp3) is 0.348. The van der Waals surface area contributed by atoms with E-state index in [1.165, 1.54) is 17.7 Å². The van der Waals surface area contributed by atoms with E-state index in [1.54, 1.807) is 12.1 Å². The lowest BCUT2D eigenvalue weighted by Crippen LogP contribution is -2.40. The van der Waals surface area contributed by atoms with E-state index in [0.717, 1.165) is 30.3 Å². The molecule has 30 heavy (non-hydrogen) atoms. The van der Waals surface area contributed by atoms with E-state index in [1.807, 2.05) is 17.0 Å². The van der Waals surface area contributed by atoms with Crippen LogP contribution in [0.2, 0.25) is 0 Å². The zero-order chi connectivity index (χ0) is 20.7. The van der Waals surface area contributed by atoms with Crippen molar-refractivity contribution in [2.75, 3.05) is 13.1 Å². The predicted molar refractivity (Wildman–Crippen MR) is 113 cm³/mol. The molecule has 2 fully saturated rings. The average Bonchev–Trinajstić information content (AvgIpc) is 3.42. The summed E-state index contributed by atoms with van der Waals surface area (Å²) in [5.41, 5.74) is 1.93. The molecule has 3 atom stereocenters. The van der Waals surface area contributed by atoms with Crippen molar-refractivity contribution in [3.8, 4) is 11.4 Å². The van der Waals surface area contributed by atoms with Crippen molar-refractivity contribution in [3.63, 3.8) is 0 Å². The zero-order valence-corrected chi connectivity index (χ0v) is 17.9. The molecule has 154 valence electrons. The standard InChI is InChI=1S/C23H21BrFN3O2/c24-17-5-1-3-15(11-17)19-12-20(19)23(29)28-10-2-4-16(13-28)22-26-21(27-30-22)14-6-8-18(25)9-7-14/h1,3,5-9,11,16,19-20H,2,4,10,12-13H2/t16-,19-,20-/m1/s1. The monoisotopic (exact) mass is 469 g/mol. The third kappa shape index (κ3) is 3.90. The molecule has 0 spiro atoms. The number of hydrogen-bond acceptors (Lipinski definition) is 4. The molecule has 1 saturated heterocycles.